The van der Waals surface area contributed by atoms with Gasteiger partial charge < -0.3 is 14.9 Å². The Morgan fingerprint density at radius 1 is 1.48 bits per heavy atom. The first-order valence-corrected chi connectivity index (χ1v) is 7.34. The summed E-state index contributed by atoms with van der Waals surface area (Å²) in [4.78, 5) is 12.2. The van der Waals surface area contributed by atoms with E-state index in [1.807, 2.05) is 32.0 Å². The lowest BCUT2D eigenvalue weighted by Gasteiger charge is -2.12. The average Bonchev–Trinajstić information content (AvgIpc) is 2.73. The first kappa shape index (κ1) is 15.4. The molecule has 0 aliphatic heterocycles. The van der Waals surface area contributed by atoms with Crippen LogP contribution >= 0.6 is 11.8 Å². The molecule has 0 saturated carbocycles. The minimum absolute atomic E-state index is 0.174. The number of aryl methyl sites for hydroxylation is 3. The third kappa shape index (κ3) is 3.55. The summed E-state index contributed by atoms with van der Waals surface area (Å²) in [5, 5.41) is 17.7. The molecule has 1 aromatic carbocycles. The van der Waals surface area contributed by atoms with Crippen LogP contribution < -0.4 is 15.1 Å². The van der Waals surface area contributed by atoms with E-state index in [4.69, 9.17) is 0 Å². The molecule has 1 atom stereocenters. The molecular weight excluding hydrogens is 290 g/mol. The van der Waals surface area contributed by atoms with Crippen LogP contribution in [0.1, 0.15) is 18.1 Å². The summed E-state index contributed by atoms with van der Waals surface area (Å²) in [5.41, 5.74) is 2.91. The number of thioether (sulfide) groups is 1. The number of amides is 1. The van der Waals surface area contributed by atoms with Crippen LogP contribution in [-0.4, -0.2) is 16.4 Å². The Kier molecular flexibility index (Phi) is 4.52. The third-order valence-corrected chi connectivity index (χ3v) is 4.23. The molecule has 0 saturated heterocycles. The van der Waals surface area contributed by atoms with Crippen LogP contribution in [0, 0.1) is 13.8 Å². The molecule has 0 radical (unpaired) electrons. The fourth-order valence-corrected chi connectivity index (χ4v) is 2.66. The number of carbonyl (C=O) groups is 1. The van der Waals surface area contributed by atoms with Gasteiger partial charge >= 0.3 is 0 Å². The van der Waals surface area contributed by atoms with Crippen molar-refractivity contribution >= 4 is 23.4 Å². The molecule has 1 N–H and O–H groups in total. The van der Waals surface area contributed by atoms with Gasteiger partial charge in [-0.15, -0.1) is 0 Å². The van der Waals surface area contributed by atoms with E-state index in [1.54, 1.807) is 14.0 Å². The van der Waals surface area contributed by atoms with Crippen molar-refractivity contribution in [2.45, 2.75) is 31.0 Å². The standard InChI is InChI=1S/C14H17N3O3S/c1-8-5-6-11(9(2)7-8)15-12(18)10(3)21-13-14(19)20-16-17(13)4/h5-7,10H,1-4H3,(H-,15,16,18,19). The average molecular weight is 307 g/mol. The van der Waals surface area contributed by atoms with Crippen molar-refractivity contribution in [3.05, 3.63) is 29.3 Å². The number of benzene rings is 1. The number of nitrogens with one attached hydrogen (secondary N) is 1. The number of aromatic nitrogens is 2. The Balaban J connectivity index is 2.06. The highest BCUT2D eigenvalue weighted by molar-refractivity contribution is 8.00. The predicted molar refractivity (Wildman–Crippen MR) is 77.0 cm³/mol. The third-order valence-electron chi connectivity index (χ3n) is 3.01. The van der Waals surface area contributed by atoms with Crippen molar-refractivity contribution in [3.8, 4) is 5.95 Å². The van der Waals surface area contributed by atoms with E-state index in [0.717, 1.165) is 28.6 Å². The number of nitrogens with zero attached hydrogens (tertiary/aromatic N) is 2. The summed E-state index contributed by atoms with van der Waals surface area (Å²) in [6, 6.07) is 5.82. The van der Waals surface area contributed by atoms with Crippen LogP contribution in [0.4, 0.5) is 5.69 Å². The summed E-state index contributed by atoms with van der Waals surface area (Å²) >= 11 is 1.12. The van der Waals surface area contributed by atoms with E-state index >= 15 is 0 Å². The van der Waals surface area contributed by atoms with Crippen molar-refractivity contribution in [2.75, 3.05) is 5.32 Å². The summed E-state index contributed by atoms with van der Waals surface area (Å²) in [5.74, 6) is -0.707. The van der Waals surface area contributed by atoms with Gasteiger partial charge in [0.25, 0.3) is 5.03 Å². The van der Waals surface area contributed by atoms with Crippen LogP contribution in [0.2, 0.25) is 0 Å². The zero-order chi connectivity index (χ0) is 15.6. The second kappa shape index (κ2) is 6.17. The van der Waals surface area contributed by atoms with Crippen LogP contribution in [0.5, 0.6) is 5.95 Å². The molecule has 2 rings (SSSR count). The number of anilines is 1. The topological polar surface area (TPSA) is 82.1 Å². The maximum absolute atomic E-state index is 12.2. The lowest BCUT2D eigenvalue weighted by atomic mass is 10.1. The van der Waals surface area contributed by atoms with Gasteiger partial charge in [0, 0.05) is 5.69 Å². The van der Waals surface area contributed by atoms with Gasteiger partial charge in [-0.3, -0.25) is 4.79 Å². The van der Waals surface area contributed by atoms with Gasteiger partial charge in [0.15, 0.2) is 13.0 Å². The molecule has 21 heavy (non-hydrogen) atoms. The van der Waals surface area contributed by atoms with Crippen molar-refractivity contribution in [3.63, 3.8) is 0 Å². The molecule has 1 aromatic heterocycles. The highest BCUT2D eigenvalue weighted by Crippen LogP contribution is 2.27. The van der Waals surface area contributed by atoms with Crippen LogP contribution in [0.25, 0.3) is 0 Å². The van der Waals surface area contributed by atoms with Crippen LogP contribution in [-0.2, 0) is 11.8 Å². The normalized spacial score (nSPS) is 12.2. The largest absolute Gasteiger partial charge is 0.538 e. The highest BCUT2D eigenvalue weighted by Gasteiger charge is 2.23. The van der Waals surface area contributed by atoms with Gasteiger partial charge in [0.2, 0.25) is 5.91 Å². The summed E-state index contributed by atoms with van der Waals surface area (Å²) in [6.45, 7) is 5.67. The minimum atomic E-state index is -0.534. The molecule has 112 valence electrons. The molecule has 0 fully saturated rings. The van der Waals surface area contributed by atoms with Gasteiger partial charge in [-0.05, 0) is 44.2 Å². The summed E-state index contributed by atoms with van der Waals surface area (Å²) < 4.78 is 5.86. The quantitative estimate of drug-likeness (QED) is 0.680. The van der Waals surface area contributed by atoms with Gasteiger partial charge in [0.1, 0.15) is 0 Å². The molecule has 6 nitrogen and oxygen atoms in total. The van der Waals surface area contributed by atoms with E-state index in [2.05, 4.69) is 15.1 Å². The Morgan fingerprint density at radius 2 is 2.19 bits per heavy atom. The molecular formula is C14H17N3O3S. The van der Waals surface area contributed by atoms with Gasteiger partial charge in [-0.25, -0.2) is 0 Å². The molecule has 1 amide bonds. The van der Waals surface area contributed by atoms with Gasteiger partial charge in [0.05, 0.1) is 10.5 Å². The van der Waals surface area contributed by atoms with Crippen molar-refractivity contribution in [2.24, 2.45) is 7.05 Å². The Hall–Kier alpha value is -2.02. The van der Waals surface area contributed by atoms with E-state index in [0.29, 0.717) is 5.03 Å². The molecule has 1 unspecified atom stereocenters. The smallest absolute Gasteiger partial charge is 0.291 e. The van der Waals surface area contributed by atoms with Crippen molar-refractivity contribution in [1.82, 2.24) is 5.27 Å². The van der Waals surface area contributed by atoms with E-state index in [1.165, 1.54) is 4.68 Å². The fraction of sp³-hybridized carbons (Fsp3) is 0.357. The zero-order valence-corrected chi connectivity index (χ0v) is 13.2. The van der Waals surface area contributed by atoms with E-state index in [9.17, 15) is 9.90 Å². The first-order valence-electron chi connectivity index (χ1n) is 6.46. The second-order valence-corrected chi connectivity index (χ2v) is 6.19. The summed E-state index contributed by atoms with van der Waals surface area (Å²) in [6.07, 6.45) is 0. The number of hydrogen-bond donors (Lipinski definition) is 1. The summed E-state index contributed by atoms with van der Waals surface area (Å²) in [7, 11) is 1.60. The molecule has 0 aliphatic rings. The van der Waals surface area contributed by atoms with Crippen molar-refractivity contribution < 1.29 is 19.1 Å². The molecule has 2 aromatic rings. The Labute approximate surface area is 127 Å². The predicted octanol–water partition coefficient (Wildman–Crippen LogP) is 1.31. The van der Waals surface area contributed by atoms with Gasteiger partial charge in [-0.2, -0.15) is 0 Å². The SMILES string of the molecule is Cc1ccc(NC(=O)C(C)Sc2c([O-])on[n+]2C)c(C)c1. The highest BCUT2D eigenvalue weighted by atomic mass is 32.2. The fourth-order valence-electron chi connectivity index (χ4n) is 1.84. The molecule has 7 heteroatoms. The van der Waals surface area contributed by atoms with Gasteiger partial charge in [-0.1, -0.05) is 22.4 Å². The zero-order valence-electron chi connectivity index (χ0n) is 12.3. The number of hydrogen-bond acceptors (Lipinski definition) is 5. The first-order chi connectivity index (χ1) is 9.88. The molecule has 0 spiro atoms. The molecule has 0 aliphatic carbocycles. The monoisotopic (exact) mass is 307 g/mol. The molecule has 1 heterocycles. The van der Waals surface area contributed by atoms with Crippen LogP contribution in [0.15, 0.2) is 27.7 Å². The lowest BCUT2D eigenvalue weighted by Crippen LogP contribution is -2.33. The minimum Gasteiger partial charge on any atom is -0.538 e. The Bertz CT molecular complexity index is 650. The van der Waals surface area contributed by atoms with Crippen LogP contribution in [0.3, 0.4) is 0 Å². The molecule has 0 bridgehead atoms. The second-order valence-electron chi connectivity index (χ2n) is 4.86. The number of carbonyl (C=O) groups excluding carboxylic acids is 1. The van der Waals surface area contributed by atoms with Crippen molar-refractivity contribution in [1.29, 1.82) is 0 Å². The maximum Gasteiger partial charge on any atom is 0.291 e. The Morgan fingerprint density at radius 3 is 2.76 bits per heavy atom. The van der Waals surface area contributed by atoms with E-state index < -0.39 is 11.2 Å². The lowest BCUT2D eigenvalue weighted by molar-refractivity contribution is -0.772. The van der Waals surface area contributed by atoms with E-state index in [-0.39, 0.29) is 5.91 Å². The number of rotatable bonds is 4. The maximum atomic E-state index is 12.2.